The average Bonchev–Trinajstić information content (AvgIpc) is 3.30. The van der Waals surface area contributed by atoms with E-state index in [1.54, 1.807) is 6.08 Å². The van der Waals surface area contributed by atoms with Crippen LogP contribution < -0.4 is 5.32 Å². The summed E-state index contributed by atoms with van der Waals surface area (Å²) in [5.74, 6) is -0.0721. The number of nitrogens with one attached hydrogen (secondary N) is 1. The molecule has 0 saturated carbocycles. The Kier molecular flexibility index (Phi) is 54.7. The molecule has 0 radical (unpaired) electrons. The third kappa shape index (κ3) is 51.6. The molecule has 0 aliphatic rings. The number of rotatable bonds is 54. The summed E-state index contributed by atoms with van der Waals surface area (Å²) in [6, 6.07) is -0.644. The quantitative estimate of drug-likeness (QED) is 0.0421. The van der Waals surface area contributed by atoms with Crippen LogP contribution in [-0.4, -0.2) is 34.9 Å². The van der Waals surface area contributed by atoms with Crippen LogP contribution in [0.3, 0.4) is 0 Å². The number of carbonyl (C=O) groups is 1. The molecule has 0 aliphatic carbocycles. The highest BCUT2D eigenvalue weighted by Crippen LogP contribution is 2.18. The second kappa shape index (κ2) is 55.9. The van der Waals surface area contributed by atoms with Gasteiger partial charge < -0.3 is 15.5 Å². The number of aliphatic hydroxyl groups excluding tert-OH is 2. The van der Waals surface area contributed by atoms with Crippen LogP contribution in [0, 0.1) is 0 Å². The van der Waals surface area contributed by atoms with Gasteiger partial charge in [-0.2, -0.15) is 0 Å². The molecule has 0 saturated heterocycles. The molecule has 0 rings (SSSR count). The number of allylic oxidation sites excluding steroid dienone is 5. The monoisotopic (exact) mass is 898 g/mol. The lowest BCUT2D eigenvalue weighted by Gasteiger charge is -2.19. The van der Waals surface area contributed by atoms with Gasteiger partial charge in [-0.3, -0.25) is 4.79 Å². The highest BCUT2D eigenvalue weighted by molar-refractivity contribution is 5.76. The maximum atomic E-state index is 12.5. The van der Waals surface area contributed by atoms with Crippen molar-refractivity contribution in [2.45, 2.75) is 334 Å². The smallest absolute Gasteiger partial charge is 0.220 e. The summed E-state index contributed by atoms with van der Waals surface area (Å²) in [6.45, 7) is 4.33. The predicted octanol–water partition coefficient (Wildman–Crippen LogP) is 19.3. The third-order valence-corrected chi connectivity index (χ3v) is 13.6. The number of hydrogen-bond acceptors (Lipinski definition) is 3. The van der Waals surface area contributed by atoms with Gasteiger partial charge in [0.05, 0.1) is 18.8 Å². The molecule has 0 aromatic carbocycles. The minimum absolute atomic E-state index is 0.0721. The molecule has 2 unspecified atom stereocenters. The van der Waals surface area contributed by atoms with E-state index < -0.39 is 12.1 Å². The zero-order chi connectivity index (χ0) is 46.3. The zero-order valence-corrected chi connectivity index (χ0v) is 43.6. The van der Waals surface area contributed by atoms with Crippen molar-refractivity contribution in [1.29, 1.82) is 0 Å². The molecule has 1 amide bonds. The molecule has 3 N–H and O–H groups in total. The van der Waals surface area contributed by atoms with E-state index in [1.165, 1.54) is 263 Å². The number of aliphatic hydroxyl groups is 2. The Morgan fingerprint density at radius 3 is 0.906 bits per heavy atom. The summed E-state index contributed by atoms with van der Waals surface area (Å²) in [7, 11) is 0. The fourth-order valence-corrected chi connectivity index (χ4v) is 9.16. The highest BCUT2D eigenvalue weighted by Gasteiger charge is 2.18. The van der Waals surface area contributed by atoms with Crippen LogP contribution in [0.4, 0.5) is 0 Å². The van der Waals surface area contributed by atoms with Gasteiger partial charge in [0.15, 0.2) is 0 Å². The summed E-state index contributed by atoms with van der Waals surface area (Å²) in [5.41, 5.74) is 0. The minimum atomic E-state index is -0.869. The van der Waals surface area contributed by atoms with Crippen molar-refractivity contribution in [3.8, 4) is 0 Å². The molecular formula is C60H115NO3. The van der Waals surface area contributed by atoms with Gasteiger partial charge in [0.2, 0.25) is 5.91 Å². The van der Waals surface area contributed by atoms with Crippen LogP contribution in [0.1, 0.15) is 322 Å². The van der Waals surface area contributed by atoms with Gasteiger partial charge in [0.25, 0.3) is 0 Å². The van der Waals surface area contributed by atoms with Crippen LogP contribution in [0.25, 0.3) is 0 Å². The topological polar surface area (TPSA) is 69.6 Å². The van der Waals surface area contributed by atoms with Gasteiger partial charge in [-0.25, -0.2) is 0 Å². The number of amides is 1. The van der Waals surface area contributed by atoms with Crippen molar-refractivity contribution in [3.05, 3.63) is 36.5 Å². The minimum Gasteiger partial charge on any atom is -0.394 e. The van der Waals surface area contributed by atoms with Crippen molar-refractivity contribution in [2.75, 3.05) is 6.61 Å². The first-order valence-corrected chi connectivity index (χ1v) is 29.2. The van der Waals surface area contributed by atoms with E-state index in [9.17, 15) is 15.0 Å². The van der Waals surface area contributed by atoms with Gasteiger partial charge in [-0.15, -0.1) is 0 Å². The first-order chi connectivity index (χ1) is 31.7. The Labute approximate surface area is 402 Å². The summed E-state index contributed by atoms with van der Waals surface area (Å²) in [5, 5.41) is 23.2. The zero-order valence-electron chi connectivity index (χ0n) is 43.6. The first-order valence-electron chi connectivity index (χ1n) is 29.2. The van der Waals surface area contributed by atoms with Crippen LogP contribution in [-0.2, 0) is 4.79 Å². The molecular weight excluding hydrogens is 783 g/mol. The summed E-state index contributed by atoms with van der Waals surface area (Å²) < 4.78 is 0. The number of unbranched alkanes of at least 4 members (excludes halogenated alkanes) is 43. The summed E-state index contributed by atoms with van der Waals surface area (Å²) in [4.78, 5) is 12.5. The molecule has 378 valence electrons. The summed E-state index contributed by atoms with van der Waals surface area (Å²) >= 11 is 0. The Morgan fingerprint density at radius 1 is 0.359 bits per heavy atom. The van der Waals surface area contributed by atoms with Crippen molar-refractivity contribution in [3.63, 3.8) is 0 Å². The lowest BCUT2D eigenvalue weighted by Crippen LogP contribution is -2.45. The molecule has 0 aliphatic heterocycles. The van der Waals surface area contributed by atoms with Gasteiger partial charge in [-0.05, 0) is 44.9 Å². The van der Waals surface area contributed by atoms with E-state index in [0.717, 1.165) is 38.5 Å². The maximum Gasteiger partial charge on any atom is 0.220 e. The van der Waals surface area contributed by atoms with Crippen molar-refractivity contribution in [2.24, 2.45) is 0 Å². The average molecular weight is 899 g/mol. The predicted molar refractivity (Wildman–Crippen MR) is 285 cm³/mol. The normalized spacial score (nSPS) is 13.0. The second-order valence-electron chi connectivity index (χ2n) is 20.1. The lowest BCUT2D eigenvalue weighted by atomic mass is 10.0. The standard InChI is InChI=1S/C60H115NO3/c1-3-5-7-9-11-13-15-17-19-21-23-25-26-27-28-29-30-31-32-33-34-36-37-39-41-43-45-47-49-51-53-55-59(63)58(57-62)61-60(64)56-54-52-50-48-46-44-42-40-38-35-24-22-20-18-16-14-12-10-8-6-4-2/h37,39,45,47,53,55,58-59,62-63H,3-36,38,40-44,46,48-52,54,56-57H2,1-2H3,(H,61,64)/b39-37+,47-45+,55-53+. The van der Waals surface area contributed by atoms with E-state index in [2.05, 4.69) is 43.5 Å². The Bertz CT molecular complexity index is 974. The maximum absolute atomic E-state index is 12.5. The molecule has 4 nitrogen and oxygen atoms in total. The Hall–Kier alpha value is -1.39. The lowest BCUT2D eigenvalue weighted by molar-refractivity contribution is -0.123. The Morgan fingerprint density at radius 2 is 0.609 bits per heavy atom. The fraction of sp³-hybridized carbons (Fsp3) is 0.883. The van der Waals surface area contributed by atoms with Crippen molar-refractivity contribution >= 4 is 5.91 Å². The number of hydrogen-bond donors (Lipinski definition) is 3. The van der Waals surface area contributed by atoms with E-state index in [-0.39, 0.29) is 12.5 Å². The molecule has 0 fully saturated rings. The molecule has 0 bridgehead atoms. The first kappa shape index (κ1) is 62.6. The highest BCUT2D eigenvalue weighted by atomic mass is 16.3. The molecule has 2 atom stereocenters. The van der Waals surface area contributed by atoms with E-state index in [1.807, 2.05) is 6.08 Å². The molecule has 0 aromatic heterocycles. The van der Waals surface area contributed by atoms with Crippen LogP contribution >= 0.6 is 0 Å². The fourth-order valence-electron chi connectivity index (χ4n) is 9.16. The second-order valence-corrected chi connectivity index (χ2v) is 20.1. The van der Waals surface area contributed by atoms with Crippen LogP contribution in [0.5, 0.6) is 0 Å². The van der Waals surface area contributed by atoms with E-state index >= 15 is 0 Å². The molecule has 0 heterocycles. The van der Waals surface area contributed by atoms with Crippen molar-refractivity contribution in [1.82, 2.24) is 5.32 Å². The summed E-state index contributed by atoms with van der Waals surface area (Å²) in [6.07, 6.45) is 76.1. The van der Waals surface area contributed by atoms with Gasteiger partial charge in [0, 0.05) is 6.42 Å². The van der Waals surface area contributed by atoms with Gasteiger partial charge in [0.1, 0.15) is 0 Å². The molecule has 0 aromatic rings. The Balaban J connectivity index is 3.52. The van der Waals surface area contributed by atoms with Gasteiger partial charge >= 0.3 is 0 Å². The van der Waals surface area contributed by atoms with Crippen molar-refractivity contribution < 1.29 is 15.0 Å². The number of carbonyl (C=O) groups excluding carboxylic acids is 1. The SMILES string of the molecule is CCCCCCCCCCCCCCCCCCCCCCC/C=C/CC/C=C/CC/C=C/C(O)C(CO)NC(=O)CCCCCCCCCCCCCCCCCCCCCCC. The third-order valence-electron chi connectivity index (χ3n) is 13.6. The van der Waals surface area contributed by atoms with E-state index in [0.29, 0.717) is 6.42 Å². The molecule has 0 spiro atoms. The molecule has 64 heavy (non-hydrogen) atoms. The molecule has 4 heteroatoms. The largest absolute Gasteiger partial charge is 0.394 e. The van der Waals surface area contributed by atoms with E-state index in [4.69, 9.17) is 0 Å². The van der Waals surface area contributed by atoms with Crippen LogP contribution in [0.15, 0.2) is 36.5 Å². The van der Waals surface area contributed by atoms with Crippen LogP contribution in [0.2, 0.25) is 0 Å². The van der Waals surface area contributed by atoms with Gasteiger partial charge in [-0.1, -0.05) is 307 Å².